The minimum absolute atomic E-state index is 0.229. The van der Waals surface area contributed by atoms with E-state index in [0.717, 1.165) is 43.8 Å². The molecule has 0 amide bonds. The Morgan fingerprint density at radius 1 is 1.02 bits per heavy atom. The summed E-state index contributed by atoms with van der Waals surface area (Å²) in [5.74, 6) is 1.39. The number of alkyl halides is 3. The highest BCUT2D eigenvalue weighted by molar-refractivity contribution is 5.79. The zero-order valence-electron chi connectivity index (χ0n) is 21.9. The van der Waals surface area contributed by atoms with Crippen molar-refractivity contribution in [1.29, 1.82) is 0 Å². The van der Waals surface area contributed by atoms with Crippen LogP contribution in [0.5, 0.6) is 17.5 Å². The number of benzene rings is 2. The highest BCUT2D eigenvalue weighted by Gasteiger charge is 2.31. The Morgan fingerprint density at radius 3 is 2.51 bits per heavy atom. The number of nitrogens with zero attached hydrogens (tertiary/aromatic N) is 4. The molecular formula is C28H27F3N4O6. The van der Waals surface area contributed by atoms with Gasteiger partial charge in [-0.3, -0.25) is 4.57 Å². The van der Waals surface area contributed by atoms with Crippen LogP contribution in [0.4, 0.5) is 24.7 Å². The van der Waals surface area contributed by atoms with E-state index in [1.54, 1.807) is 10.6 Å². The summed E-state index contributed by atoms with van der Waals surface area (Å²) in [4.78, 5) is 16.6. The molecule has 1 fully saturated rings. The fourth-order valence-corrected chi connectivity index (χ4v) is 5.33. The Balaban J connectivity index is 0.973. The zero-order chi connectivity index (χ0) is 28.6. The van der Waals surface area contributed by atoms with Crippen molar-refractivity contribution >= 4 is 22.5 Å². The zero-order valence-corrected chi connectivity index (χ0v) is 21.9. The van der Waals surface area contributed by atoms with Crippen LogP contribution in [0.1, 0.15) is 25.0 Å². The van der Waals surface area contributed by atoms with Crippen molar-refractivity contribution in [3.05, 3.63) is 70.6 Å². The van der Waals surface area contributed by atoms with Gasteiger partial charge in [0.1, 0.15) is 41.7 Å². The molecule has 1 atom stereocenters. The molecule has 6 rings (SSSR count). The van der Waals surface area contributed by atoms with Crippen LogP contribution in [0.3, 0.4) is 0 Å². The fourth-order valence-electron chi connectivity index (χ4n) is 5.33. The minimum atomic E-state index is -4.73. The third kappa shape index (κ3) is 6.34. The molecule has 0 radical (unpaired) electrons. The first-order valence-electron chi connectivity index (χ1n) is 13.3. The van der Waals surface area contributed by atoms with Crippen molar-refractivity contribution in [2.75, 3.05) is 24.6 Å². The van der Waals surface area contributed by atoms with Crippen LogP contribution >= 0.6 is 0 Å². The molecule has 0 saturated carbocycles. The second-order valence-electron chi connectivity index (χ2n) is 10.3. The number of rotatable bonds is 8. The van der Waals surface area contributed by atoms with Gasteiger partial charge < -0.3 is 33.6 Å². The lowest BCUT2D eigenvalue weighted by molar-refractivity contribution is -0.389. The first-order valence-corrected chi connectivity index (χ1v) is 13.3. The summed E-state index contributed by atoms with van der Waals surface area (Å²) in [6, 6.07) is 14.0. The van der Waals surface area contributed by atoms with Crippen molar-refractivity contribution in [1.82, 2.24) is 9.55 Å². The molecule has 2 aromatic carbocycles. The molecule has 2 aliphatic heterocycles. The average molecular weight is 573 g/mol. The van der Waals surface area contributed by atoms with E-state index in [1.165, 1.54) is 24.4 Å². The van der Waals surface area contributed by atoms with Crippen molar-refractivity contribution in [2.24, 2.45) is 5.92 Å². The Kier molecular flexibility index (Phi) is 7.10. The molecule has 0 spiro atoms. The quantitative estimate of drug-likeness (QED) is 0.184. The predicted molar refractivity (Wildman–Crippen MR) is 141 cm³/mol. The summed E-state index contributed by atoms with van der Waals surface area (Å²) in [5, 5.41) is 11.5. The van der Waals surface area contributed by atoms with Crippen LogP contribution in [0, 0.1) is 16.0 Å². The second kappa shape index (κ2) is 10.9. The number of hydrogen-bond donors (Lipinski definition) is 0. The fraction of sp³-hybridized carbons (Fsp3) is 0.393. The number of nitro groups is 1. The lowest BCUT2D eigenvalue weighted by Gasteiger charge is -2.33. The Morgan fingerprint density at radius 2 is 1.78 bits per heavy atom. The van der Waals surface area contributed by atoms with Gasteiger partial charge in [-0.1, -0.05) is 0 Å². The molecule has 41 heavy (non-hydrogen) atoms. The van der Waals surface area contributed by atoms with E-state index in [1.807, 2.05) is 24.3 Å². The first-order chi connectivity index (χ1) is 19.7. The molecule has 2 aliphatic rings. The molecule has 4 aromatic rings. The monoisotopic (exact) mass is 572 g/mol. The average Bonchev–Trinajstić information content (AvgIpc) is 3.55. The lowest BCUT2D eigenvalue weighted by Crippen LogP contribution is -2.34. The van der Waals surface area contributed by atoms with Gasteiger partial charge in [0.05, 0.1) is 0 Å². The summed E-state index contributed by atoms with van der Waals surface area (Å²) >= 11 is 0. The van der Waals surface area contributed by atoms with E-state index >= 15 is 0 Å². The van der Waals surface area contributed by atoms with Gasteiger partial charge in [-0.15, -0.1) is 13.2 Å². The summed E-state index contributed by atoms with van der Waals surface area (Å²) in [6.07, 6.45) is -0.286. The van der Waals surface area contributed by atoms with Gasteiger partial charge in [0, 0.05) is 48.5 Å². The van der Waals surface area contributed by atoms with Crippen molar-refractivity contribution < 1.29 is 36.7 Å². The number of halogens is 3. The molecule has 0 bridgehead atoms. The molecule has 13 heteroatoms. The van der Waals surface area contributed by atoms with Crippen LogP contribution < -0.4 is 19.1 Å². The van der Waals surface area contributed by atoms with E-state index in [4.69, 9.17) is 13.9 Å². The van der Waals surface area contributed by atoms with Gasteiger partial charge in [-0.05, 0) is 72.2 Å². The van der Waals surface area contributed by atoms with Gasteiger partial charge >= 0.3 is 18.2 Å². The molecule has 0 N–H and O–H groups in total. The van der Waals surface area contributed by atoms with Gasteiger partial charge in [0.2, 0.25) is 0 Å². The maximum Gasteiger partial charge on any atom is 0.573 e. The van der Waals surface area contributed by atoms with E-state index in [2.05, 4.69) is 14.6 Å². The van der Waals surface area contributed by atoms with Crippen LogP contribution in [0.2, 0.25) is 0 Å². The molecule has 1 saturated heterocycles. The second-order valence-corrected chi connectivity index (χ2v) is 10.3. The lowest BCUT2D eigenvalue weighted by atomic mass is 9.92. The number of aryl methyl sites for hydroxylation is 1. The predicted octanol–water partition coefficient (Wildman–Crippen LogP) is 6.13. The standard InChI is InChI=1S/C28H27F3N4O6/c29-28(30,31)41-22-5-6-25-19(14-22)15-24(39-25)13-18-7-10-33(11-8-18)20-1-3-21(4-2-20)38-17-23-9-12-34-16-26(35(36)37)32-27(34)40-23/h1-6,14-16,18,23H,7-13,17H2. The highest BCUT2D eigenvalue weighted by Crippen LogP contribution is 2.32. The number of imidazole rings is 1. The van der Waals surface area contributed by atoms with Gasteiger partial charge in [0.25, 0.3) is 0 Å². The number of piperidine rings is 1. The van der Waals surface area contributed by atoms with Crippen LogP contribution in [-0.4, -0.2) is 46.6 Å². The van der Waals surface area contributed by atoms with Crippen molar-refractivity contribution in [3.8, 4) is 17.5 Å². The van der Waals surface area contributed by atoms with Crippen LogP contribution in [-0.2, 0) is 13.0 Å². The normalized spacial score (nSPS) is 17.7. The largest absolute Gasteiger partial charge is 0.573 e. The van der Waals surface area contributed by atoms with Gasteiger partial charge in [-0.2, -0.15) is 0 Å². The van der Waals surface area contributed by atoms with Crippen molar-refractivity contribution in [3.63, 3.8) is 0 Å². The number of aromatic nitrogens is 2. The number of fused-ring (bicyclic) bond motifs is 2. The Hall–Kier alpha value is -4.42. The summed E-state index contributed by atoms with van der Waals surface area (Å²) in [5.41, 5.74) is 1.64. The molecule has 4 heterocycles. The minimum Gasteiger partial charge on any atom is -0.490 e. The molecular weight excluding hydrogens is 545 g/mol. The van der Waals surface area contributed by atoms with E-state index in [-0.39, 0.29) is 23.7 Å². The molecule has 2 aromatic heterocycles. The van der Waals surface area contributed by atoms with Gasteiger partial charge in [0.15, 0.2) is 0 Å². The molecule has 0 aliphatic carbocycles. The molecule has 216 valence electrons. The van der Waals surface area contributed by atoms with Crippen LogP contribution in [0.15, 0.2) is 59.1 Å². The number of furan rings is 1. The third-order valence-electron chi connectivity index (χ3n) is 7.39. The van der Waals surface area contributed by atoms with Crippen LogP contribution in [0.25, 0.3) is 11.0 Å². The smallest absolute Gasteiger partial charge is 0.490 e. The summed E-state index contributed by atoms with van der Waals surface area (Å²) in [7, 11) is 0. The first kappa shape index (κ1) is 26.8. The maximum atomic E-state index is 12.5. The summed E-state index contributed by atoms with van der Waals surface area (Å²) in [6.45, 7) is 2.64. The third-order valence-corrected chi connectivity index (χ3v) is 7.39. The number of hydrogen-bond acceptors (Lipinski definition) is 8. The topological polar surface area (TPSA) is 105 Å². The Bertz CT molecular complexity index is 1530. The SMILES string of the molecule is O=[N+]([O-])c1cn2c(n1)OC(COc1ccc(N3CCC(Cc4cc5cc(OC(F)(F)F)ccc5o4)CC3)cc1)CC2. The van der Waals surface area contributed by atoms with E-state index in [9.17, 15) is 23.3 Å². The molecule has 1 unspecified atom stereocenters. The van der Waals surface area contributed by atoms with E-state index in [0.29, 0.717) is 42.2 Å². The summed E-state index contributed by atoms with van der Waals surface area (Å²) < 4.78 is 60.7. The van der Waals surface area contributed by atoms with Gasteiger partial charge in [-0.25, -0.2) is 0 Å². The van der Waals surface area contributed by atoms with Crippen molar-refractivity contribution in [2.45, 2.75) is 44.7 Å². The van der Waals surface area contributed by atoms with E-state index < -0.39 is 11.3 Å². The highest BCUT2D eigenvalue weighted by atomic mass is 19.4. The maximum absolute atomic E-state index is 12.5. The number of anilines is 1. The Labute approximate surface area is 232 Å². The molecule has 10 nitrogen and oxygen atoms in total. The number of ether oxygens (including phenoxy) is 3.